The maximum absolute atomic E-state index is 6.39. The van der Waals surface area contributed by atoms with E-state index in [1.54, 1.807) is 0 Å². The molecule has 0 aliphatic heterocycles. The topological polar surface area (TPSA) is 39.7 Å². The largest absolute Gasteiger partial charge is 0.542 e. The molecule has 0 radical (unpaired) electrons. The van der Waals surface area contributed by atoms with Crippen molar-refractivity contribution in [2.45, 2.75) is 65.0 Å². The van der Waals surface area contributed by atoms with Crippen molar-refractivity contribution in [2.24, 2.45) is 0 Å². The molecule has 0 amide bonds. The molecule has 0 aromatic heterocycles. The minimum atomic E-state index is -1.74. The van der Waals surface area contributed by atoms with E-state index in [0.29, 0.717) is 0 Å². The molecular weight excluding hydrogens is 362 g/mol. The molecule has 1 atom stereocenters. The Kier molecular flexibility index (Phi) is 7.53. The highest BCUT2D eigenvalue weighted by Crippen LogP contribution is 2.35. The van der Waals surface area contributed by atoms with Gasteiger partial charge in [-0.2, -0.15) is 0 Å². The zero-order chi connectivity index (χ0) is 19.5. The molecule has 0 aliphatic rings. The first-order chi connectivity index (χ1) is 11.2. The van der Waals surface area contributed by atoms with Gasteiger partial charge in [0.25, 0.3) is 0 Å². The summed E-state index contributed by atoms with van der Waals surface area (Å²) in [6, 6.07) is 6.30. The van der Waals surface area contributed by atoms with Gasteiger partial charge in [-0.15, -0.1) is 0 Å². The highest BCUT2D eigenvalue weighted by atomic mass is 28.4. The van der Waals surface area contributed by atoms with Crippen molar-refractivity contribution >= 4 is 25.0 Å². The monoisotopic (exact) mass is 399 g/mol. The quantitative estimate of drug-likeness (QED) is 0.577. The second-order valence-electron chi connectivity index (χ2n) is 9.41. The van der Waals surface area contributed by atoms with Gasteiger partial charge in [-0.1, -0.05) is 6.07 Å². The maximum Gasteiger partial charge on any atom is 0.242 e. The summed E-state index contributed by atoms with van der Waals surface area (Å²) < 4.78 is 19.0. The average molecular weight is 400 g/mol. The van der Waals surface area contributed by atoms with Gasteiger partial charge < -0.3 is 18.6 Å². The van der Waals surface area contributed by atoms with Crippen LogP contribution in [0.5, 0.6) is 11.5 Å². The molecule has 0 bridgehead atoms. The van der Waals surface area contributed by atoms with Crippen LogP contribution in [0.25, 0.3) is 0 Å². The second-order valence-corrected chi connectivity index (χ2v) is 22.7. The van der Waals surface area contributed by atoms with Gasteiger partial charge >= 0.3 is 0 Å². The lowest BCUT2D eigenvalue weighted by Crippen LogP contribution is -2.33. The fraction of sp³-hybridized carbons (Fsp3) is 0.667. The van der Waals surface area contributed by atoms with Crippen molar-refractivity contribution in [3.8, 4) is 11.5 Å². The lowest BCUT2D eigenvalue weighted by Gasteiger charge is -2.29. The number of likely N-dealkylation sites (N-methyl/N-ethyl adjacent to an activating group) is 1. The number of rotatable bonds is 9. The molecule has 0 fully saturated rings. The third-order valence-electron chi connectivity index (χ3n) is 3.06. The minimum absolute atomic E-state index is 0.0292. The fourth-order valence-corrected chi connectivity index (χ4v) is 5.11. The van der Waals surface area contributed by atoms with Crippen LogP contribution in [-0.2, 0) is 4.43 Å². The van der Waals surface area contributed by atoms with E-state index in [1.165, 1.54) is 0 Å². The molecule has 1 aromatic carbocycles. The smallest absolute Gasteiger partial charge is 0.242 e. The Balaban J connectivity index is 3.26. The van der Waals surface area contributed by atoms with Gasteiger partial charge in [-0.3, -0.25) is 0 Å². The average Bonchev–Trinajstić information content (AvgIpc) is 2.35. The van der Waals surface area contributed by atoms with Crippen molar-refractivity contribution in [2.75, 3.05) is 13.6 Å². The molecule has 0 heterocycles. The van der Waals surface area contributed by atoms with Crippen LogP contribution >= 0.6 is 0 Å². The molecule has 4 nitrogen and oxygen atoms in total. The van der Waals surface area contributed by atoms with Crippen LogP contribution in [0.1, 0.15) is 11.7 Å². The summed E-state index contributed by atoms with van der Waals surface area (Å²) in [5, 5.41) is 3.25. The van der Waals surface area contributed by atoms with Crippen molar-refractivity contribution in [1.29, 1.82) is 0 Å². The Morgan fingerprint density at radius 3 is 1.76 bits per heavy atom. The predicted molar refractivity (Wildman–Crippen MR) is 115 cm³/mol. The molecule has 25 heavy (non-hydrogen) atoms. The van der Waals surface area contributed by atoms with Crippen LogP contribution in [0.4, 0.5) is 0 Å². The van der Waals surface area contributed by atoms with E-state index < -0.39 is 25.0 Å². The Morgan fingerprint density at radius 1 is 0.800 bits per heavy atom. The SMILES string of the molecule is CNCC(O[Si](C)(C)C)c1ccc(O[Si](C)(C)C)c(O[Si](C)(C)C)c1. The molecule has 1 aromatic rings. The lowest BCUT2D eigenvalue weighted by molar-refractivity contribution is 0.197. The molecule has 1 rings (SSSR count). The third kappa shape index (κ3) is 9.05. The zero-order valence-electron chi connectivity index (χ0n) is 17.7. The van der Waals surface area contributed by atoms with Gasteiger partial charge in [0, 0.05) is 6.54 Å². The summed E-state index contributed by atoms with van der Waals surface area (Å²) in [6.07, 6.45) is 0.0292. The van der Waals surface area contributed by atoms with Crippen LogP contribution in [0.3, 0.4) is 0 Å². The maximum atomic E-state index is 6.39. The second kappa shape index (κ2) is 8.39. The first kappa shape index (κ1) is 22.4. The van der Waals surface area contributed by atoms with E-state index in [4.69, 9.17) is 13.3 Å². The molecule has 1 unspecified atom stereocenters. The van der Waals surface area contributed by atoms with Crippen LogP contribution < -0.4 is 14.2 Å². The summed E-state index contributed by atoms with van der Waals surface area (Å²) in [5.74, 6) is 1.72. The zero-order valence-corrected chi connectivity index (χ0v) is 20.7. The fourth-order valence-electron chi connectivity index (χ4n) is 2.39. The highest BCUT2D eigenvalue weighted by Gasteiger charge is 2.26. The van der Waals surface area contributed by atoms with Crippen LogP contribution in [-0.4, -0.2) is 38.5 Å². The summed E-state index contributed by atoms with van der Waals surface area (Å²) in [4.78, 5) is 0. The summed E-state index contributed by atoms with van der Waals surface area (Å²) in [6.45, 7) is 20.6. The number of hydrogen-bond acceptors (Lipinski definition) is 4. The predicted octanol–water partition coefficient (Wildman–Crippen LogP) is 5.23. The van der Waals surface area contributed by atoms with Crippen molar-refractivity contribution in [3.05, 3.63) is 23.8 Å². The van der Waals surface area contributed by atoms with E-state index in [0.717, 1.165) is 23.6 Å². The molecule has 0 aliphatic carbocycles. The molecule has 7 heteroatoms. The Morgan fingerprint density at radius 2 is 1.32 bits per heavy atom. The number of nitrogens with one attached hydrogen (secondary N) is 1. The normalized spacial score (nSPS) is 14.3. The van der Waals surface area contributed by atoms with Gasteiger partial charge in [0.2, 0.25) is 16.6 Å². The van der Waals surface area contributed by atoms with Crippen LogP contribution in [0.2, 0.25) is 58.9 Å². The summed E-state index contributed by atoms with van der Waals surface area (Å²) in [5.41, 5.74) is 1.15. The van der Waals surface area contributed by atoms with Crippen LogP contribution in [0.15, 0.2) is 18.2 Å². The van der Waals surface area contributed by atoms with Gasteiger partial charge in [0.05, 0.1) is 6.10 Å². The Hall–Kier alpha value is -0.609. The van der Waals surface area contributed by atoms with Gasteiger partial charge in [0.1, 0.15) is 11.5 Å². The first-order valence-electron chi connectivity index (χ1n) is 9.04. The summed E-state index contributed by atoms with van der Waals surface area (Å²) in [7, 11) is -3.14. The number of hydrogen-bond donors (Lipinski definition) is 1. The van der Waals surface area contributed by atoms with Gasteiger partial charge in [0.15, 0.2) is 8.32 Å². The van der Waals surface area contributed by atoms with Crippen molar-refractivity contribution < 1.29 is 13.3 Å². The highest BCUT2D eigenvalue weighted by molar-refractivity contribution is 6.71. The van der Waals surface area contributed by atoms with Crippen molar-refractivity contribution in [3.63, 3.8) is 0 Å². The van der Waals surface area contributed by atoms with E-state index in [1.807, 2.05) is 7.05 Å². The lowest BCUT2D eigenvalue weighted by atomic mass is 10.1. The van der Waals surface area contributed by atoms with Crippen molar-refractivity contribution in [1.82, 2.24) is 5.32 Å². The van der Waals surface area contributed by atoms with E-state index in [9.17, 15) is 0 Å². The Labute approximate surface area is 157 Å². The standard InChI is InChI=1S/C18H37NO3Si3/c1-19-14-18(22-25(8,9)10)15-11-12-16(20-23(2,3)4)17(13-15)21-24(5,6)7/h11-13,18-19H,14H2,1-10H3. The molecule has 1 N–H and O–H groups in total. The molecule has 0 saturated heterocycles. The molecule has 144 valence electrons. The van der Waals surface area contributed by atoms with Gasteiger partial charge in [-0.05, 0) is 83.7 Å². The minimum Gasteiger partial charge on any atom is -0.542 e. The van der Waals surface area contributed by atoms with Crippen LogP contribution in [0, 0.1) is 0 Å². The van der Waals surface area contributed by atoms with E-state index >= 15 is 0 Å². The third-order valence-corrected chi connectivity index (χ3v) is 5.71. The summed E-state index contributed by atoms with van der Waals surface area (Å²) >= 11 is 0. The van der Waals surface area contributed by atoms with E-state index in [-0.39, 0.29) is 6.10 Å². The molecule has 0 saturated carbocycles. The number of benzene rings is 1. The van der Waals surface area contributed by atoms with E-state index in [2.05, 4.69) is 82.4 Å². The first-order valence-corrected chi connectivity index (χ1v) is 19.3. The molecule has 0 spiro atoms. The van der Waals surface area contributed by atoms with Gasteiger partial charge in [-0.25, -0.2) is 0 Å². The molecular formula is C18H37NO3Si3. The Bertz CT molecular complexity index is 560.